The molecular weight excluding hydrogens is 379 g/mol. The topological polar surface area (TPSA) is 61.8 Å². The minimum absolute atomic E-state index is 0.0203. The number of aliphatic imine (C=N–C) groups is 1. The van der Waals surface area contributed by atoms with Crippen LogP contribution in [0.3, 0.4) is 0 Å². The van der Waals surface area contributed by atoms with Crippen molar-refractivity contribution in [1.82, 2.24) is 4.90 Å². The van der Waals surface area contributed by atoms with Crippen molar-refractivity contribution in [3.8, 4) is 0 Å². The first kappa shape index (κ1) is 19.7. The molecule has 0 radical (unpaired) electrons. The van der Waals surface area contributed by atoms with Gasteiger partial charge in [0.05, 0.1) is 16.5 Å². The Hall–Kier alpha value is -2.03. The van der Waals surface area contributed by atoms with E-state index in [0.29, 0.717) is 6.42 Å². The highest BCUT2D eigenvalue weighted by molar-refractivity contribution is 8.15. The highest BCUT2D eigenvalue weighted by atomic mass is 32.2. The summed E-state index contributed by atoms with van der Waals surface area (Å²) in [7, 11) is 0. The van der Waals surface area contributed by atoms with E-state index in [1.165, 1.54) is 18.2 Å². The average molecular weight is 399 g/mol. The van der Waals surface area contributed by atoms with E-state index in [1.807, 2.05) is 4.90 Å². The van der Waals surface area contributed by atoms with Crippen LogP contribution in [0.1, 0.15) is 37.7 Å². The number of thioether (sulfide) groups is 1. The molecular formula is C18H20F3N3O2S. The molecule has 1 aromatic rings. The number of amides is 2. The van der Waals surface area contributed by atoms with Crippen LogP contribution >= 0.6 is 11.8 Å². The summed E-state index contributed by atoms with van der Waals surface area (Å²) >= 11 is 1.07. The van der Waals surface area contributed by atoms with Gasteiger partial charge in [-0.3, -0.25) is 9.59 Å². The fourth-order valence-corrected chi connectivity index (χ4v) is 4.10. The van der Waals surface area contributed by atoms with Crippen LogP contribution in [0.5, 0.6) is 0 Å². The number of para-hydroxylation sites is 1. The van der Waals surface area contributed by atoms with Gasteiger partial charge in [-0.1, -0.05) is 23.9 Å². The number of benzene rings is 1. The summed E-state index contributed by atoms with van der Waals surface area (Å²) in [6.45, 7) is 1.50. The zero-order valence-electron chi connectivity index (χ0n) is 14.6. The Balaban J connectivity index is 1.56. The third-order valence-corrected chi connectivity index (χ3v) is 5.68. The summed E-state index contributed by atoms with van der Waals surface area (Å²) in [6, 6.07) is 5.05. The number of amidine groups is 1. The number of carbonyl (C=O) groups is 2. The van der Waals surface area contributed by atoms with Crippen molar-refractivity contribution in [2.45, 2.75) is 43.5 Å². The zero-order valence-corrected chi connectivity index (χ0v) is 15.4. The largest absolute Gasteiger partial charge is 0.418 e. The van der Waals surface area contributed by atoms with Gasteiger partial charge >= 0.3 is 6.18 Å². The molecule has 3 rings (SSSR count). The number of halogens is 3. The maximum atomic E-state index is 13.1. The van der Waals surface area contributed by atoms with Crippen LogP contribution in [0.25, 0.3) is 0 Å². The predicted molar refractivity (Wildman–Crippen MR) is 98.6 cm³/mol. The summed E-state index contributed by atoms with van der Waals surface area (Å²) < 4.78 is 39.2. The molecule has 1 atom stereocenters. The number of alkyl halides is 3. The van der Waals surface area contributed by atoms with Crippen molar-refractivity contribution in [1.29, 1.82) is 0 Å². The fraction of sp³-hybridized carbons (Fsp3) is 0.500. The molecule has 1 fully saturated rings. The maximum Gasteiger partial charge on any atom is 0.418 e. The standard InChI is InChI=1S/C18H20F3N3O2S/c19-18(20,21)12-6-2-3-7-13(12)22-17-23-16(26)14(27-17)8-9-15(25)24-10-4-1-5-11-24/h2-3,6-7,14H,1,4-5,8-11H2,(H,22,23,26). The summed E-state index contributed by atoms with van der Waals surface area (Å²) in [5, 5.41) is 2.19. The predicted octanol–water partition coefficient (Wildman–Crippen LogP) is 3.91. The SMILES string of the molecule is O=C1N=C(Nc2ccccc2C(F)(F)F)SC1CCC(=O)N1CCCCC1. The summed E-state index contributed by atoms with van der Waals surface area (Å²) in [4.78, 5) is 29.9. The van der Waals surface area contributed by atoms with Crippen molar-refractivity contribution >= 4 is 34.4 Å². The van der Waals surface area contributed by atoms with Crippen LogP contribution in [0.2, 0.25) is 0 Å². The van der Waals surface area contributed by atoms with Crippen molar-refractivity contribution in [2.24, 2.45) is 4.99 Å². The normalized spacial score (nSPS) is 20.6. The molecule has 0 saturated carbocycles. The molecule has 27 heavy (non-hydrogen) atoms. The van der Waals surface area contributed by atoms with E-state index < -0.39 is 22.9 Å². The maximum absolute atomic E-state index is 13.1. The van der Waals surface area contributed by atoms with Crippen molar-refractivity contribution in [3.05, 3.63) is 29.8 Å². The molecule has 1 N–H and O–H groups in total. The van der Waals surface area contributed by atoms with Gasteiger partial charge < -0.3 is 10.2 Å². The van der Waals surface area contributed by atoms with E-state index in [-0.39, 0.29) is 23.2 Å². The van der Waals surface area contributed by atoms with Crippen LogP contribution in [0.4, 0.5) is 18.9 Å². The fourth-order valence-electron chi connectivity index (χ4n) is 3.13. The Morgan fingerprint density at radius 1 is 1.22 bits per heavy atom. The lowest BCUT2D eigenvalue weighted by Crippen LogP contribution is -2.35. The quantitative estimate of drug-likeness (QED) is 0.834. The molecule has 2 amide bonds. The van der Waals surface area contributed by atoms with Crippen LogP contribution < -0.4 is 5.32 Å². The first-order valence-corrected chi connectivity index (χ1v) is 9.73. The number of nitrogens with zero attached hydrogens (tertiary/aromatic N) is 2. The lowest BCUT2D eigenvalue weighted by atomic mass is 10.1. The van der Waals surface area contributed by atoms with Crippen molar-refractivity contribution < 1.29 is 22.8 Å². The Morgan fingerprint density at radius 2 is 1.93 bits per heavy atom. The molecule has 9 heteroatoms. The van der Waals surface area contributed by atoms with Crippen LogP contribution in [0.15, 0.2) is 29.3 Å². The first-order valence-electron chi connectivity index (χ1n) is 8.85. The van der Waals surface area contributed by atoms with Crippen LogP contribution in [-0.4, -0.2) is 40.2 Å². The average Bonchev–Trinajstić information content (AvgIpc) is 2.99. The van der Waals surface area contributed by atoms with Crippen LogP contribution in [0, 0.1) is 0 Å². The summed E-state index contributed by atoms with van der Waals surface area (Å²) in [5.41, 5.74) is -0.960. The second-order valence-corrected chi connectivity index (χ2v) is 7.70. The Bertz CT molecular complexity index is 746. The molecule has 1 unspecified atom stereocenters. The molecule has 0 bridgehead atoms. The summed E-state index contributed by atoms with van der Waals surface area (Å²) in [6.07, 6.45) is -0.808. The zero-order chi connectivity index (χ0) is 19.4. The molecule has 0 spiro atoms. The molecule has 1 aromatic carbocycles. The second-order valence-electron chi connectivity index (χ2n) is 6.51. The number of nitrogens with one attached hydrogen (secondary N) is 1. The monoisotopic (exact) mass is 399 g/mol. The van der Waals surface area contributed by atoms with Crippen molar-refractivity contribution in [3.63, 3.8) is 0 Å². The number of hydrogen-bond acceptors (Lipinski definition) is 4. The molecule has 0 aromatic heterocycles. The Labute approximate surface area is 159 Å². The number of rotatable bonds is 4. The number of anilines is 1. The van der Waals surface area contributed by atoms with Gasteiger partial charge in [0.15, 0.2) is 5.17 Å². The molecule has 2 heterocycles. The number of carbonyl (C=O) groups excluding carboxylic acids is 2. The molecule has 2 aliphatic heterocycles. The molecule has 5 nitrogen and oxygen atoms in total. The number of likely N-dealkylation sites (tertiary alicyclic amines) is 1. The van der Waals surface area contributed by atoms with E-state index in [4.69, 9.17) is 0 Å². The third kappa shape index (κ3) is 5.03. The van der Waals surface area contributed by atoms with Gasteiger partial charge in [-0.05, 0) is 37.8 Å². The Morgan fingerprint density at radius 3 is 2.63 bits per heavy atom. The van der Waals surface area contributed by atoms with E-state index in [0.717, 1.165) is 50.2 Å². The van der Waals surface area contributed by atoms with E-state index in [9.17, 15) is 22.8 Å². The lowest BCUT2D eigenvalue weighted by molar-refractivity contribution is -0.137. The molecule has 0 aliphatic carbocycles. The first-order chi connectivity index (χ1) is 12.8. The summed E-state index contributed by atoms with van der Waals surface area (Å²) in [5.74, 6) is -0.398. The molecule has 2 aliphatic rings. The van der Waals surface area contributed by atoms with E-state index in [2.05, 4.69) is 10.3 Å². The van der Waals surface area contributed by atoms with E-state index in [1.54, 1.807) is 0 Å². The van der Waals surface area contributed by atoms with Gasteiger partial charge in [-0.2, -0.15) is 18.2 Å². The highest BCUT2D eigenvalue weighted by Crippen LogP contribution is 2.36. The van der Waals surface area contributed by atoms with E-state index >= 15 is 0 Å². The smallest absolute Gasteiger partial charge is 0.343 e. The second kappa shape index (κ2) is 8.33. The minimum atomic E-state index is -4.50. The molecule has 1 saturated heterocycles. The van der Waals surface area contributed by atoms with Gasteiger partial charge in [0.1, 0.15) is 0 Å². The van der Waals surface area contributed by atoms with Gasteiger partial charge in [-0.15, -0.1) is 0 Å². The highest BCUT2D eigenvalue weighted by Gasteiger charge is 2.35. The third-order valence-electron chi connectivity index (χ3n) is 4.54. The van der Waals surface area contributed by atoms with Gasteiger partial charge in [0.25, 0.3) is 5.91 Å². The molecule has 146 valence electrons. The number of hydrogen-bond donors (Lipinski definition) is 1. The van der Waals surface area contributed by atoms with Gasteiger partial charge in [0, 0.05) is 19.5 Å². The minimum Gasteiger partial charge on any atom is -0.343 e. The number of piperidine rings is 1. The van der Waals surface area contributed by atoms with Crippen molar-refractivity contribution in [2.75, 3.05) is 18.4 Å². The lowest BCUT2D eigenvalue weighted by Gasteiger charge is -2.26. The van der Waals surface area contributed by atoms with Gasteiger partial charge in [-0.25, -0.2) is 0 Å². The van der Waals surface area contributed by atoms with Crippen LogP contribution in [-0.2, 0) is 15.8 Å². The Kier molecular flexibility index (Phi) is 6.08. The van der Waals surface area contributed by atoms with Gasteiger partial charge in [0.2, 0.25) is 5.91 Å².